The van der Waals surface area contributed by atoms with Gasteiger partial charge in [0.15, 0.2) is 11.5 Å². The Bertz CT molecular complexity index is 663. The van der Waals surface area contributed by atoms with Crippen LogP contribution in [0.25, 0.3) is 10.9 Å². The summed E-state index contributed by atoms with van der Waals surface area (Å²) in [5.41, 5.74) is 1.12. The average Bonchev–Trinajstić information content (AvgIpc) is 2.43. The molecule has 90 valence electrons. The number of aromatic nitrogens is 1. The van der Waals surface area contributed by atoms with Crippen LogP contribution in [0.3, 0.4) is 0 Å². The molecule has 2 aromatic rings. The molecule has 0 radical (unpaired) electrons. The fourth-order valence-electron chi connectivity index (χ4n) is 1.75. The van der Waals surface area contributed by atoms with E-state index >= 15 is 0 Å². The molecule has 18 heavy (non-hydrogen) atoms. The standard InChI is InChI=1S/C13H9NO4/c1-16-13(15)9-4-8-5-11-12(18-3-2-17-11)6-10(8)14-7-9/h2-7H,1H3. The van der Waals surface area contributed by atoms with Gasteiger partial charge in [0.25, 0.3) is 0 Å². The summed E-state index contributed by atoms with van der Waals surface area (Å²) in [6.45, 7) is 0. The van der Waals surface area contributed by atoms with Gasteiger partial charge in [0, 0.05) is 17.6 Å². The Kier molecular flexibility index (Phi) is 2.37. The molecule has 0 fully saturated rings. The van der Waals surface area contributed by atoms with E-state index in [2.05, 4.69) is 9.72 Å². The number of carbonyl (C=O) groups excluding carboxylic acids is 1. The Morgan fingerprint density at radius 2 is 1.89 bits per heavy atom. The van der Waals surface area contributed by atoms with Crippen molar-refractivity contribution in [2.24, 2.45) is 0 Å². The first kappa shape index (κ1) is 10.6. The lowest BCUT2D eigenvalue weighted by atomic mass is 10.1. The molecule has 2 heterocycles. The van der Waals surface area contributed by atoms with Crippen molar-refractivity contribution < 1.29 is 19.0 Å². The summed E-state index contributed by atoms with van der Waals surface area (Å²) in [6.07, 6.45) is 4.38. The third-order valence-corrected chi connectivity index (χ3v) is 2.61. The minimum absolute atomic E-state index is 0.400. The minimum atomic E-state index is -0.417. The Labute approximate surface area is 103 Å². The maximum absolute atomic E-state index is 11.4. The summed E-state index contributed by atoms with van der Waals surface area (Å²) in [5, 5.41) is 0.788. The zero-order chi connectivity index (χ0) is 12.5. The van der Waals surface area contributed by atoms with Gasteiger partial charge in [-0.25, -0.2) is 4.79 Å². The number of nitrogens with zero attached hydrogens (tertiary/aromatic N) is 1. The molecule has 5 nitrogen and oxygen atoms in total. The quantitative estimate of drug-likeness (QED) is 0.719. The van der Waals surface area contributed by atoms with Gasteiger partial charge in [0.1, 0.15) is 12.5 Å². The number of ether oxygens (including phenoxy) is 3. The summed E-state index contributed by atoms with van der Waals surface area (Å²) in [5.74, 6) is 0.774. The number of hydrogen-bond donors (Lipinski definition) is 0. The van der Waals surface area contributed by atoms with Gasteiger partial charge in [-0.2, -0.15) is 0 Å². The molecule has 0 spiro atoms. The Hall–Kier alpha value is -2.56. The van der Waals surface area contributed by atoms with Gasteiger partial charge in [0.2, 0.25) is 0 Å². The molecule has 0 saturated carbocycles. The van der Waals surface area contributed by atoms with Crippen molar-refractivity contribution in [3.05, 3.63) is 42.5 Å². The fraction of sp³-hybridized carbons (Fsp3) is 0.0769. The number of carbonyl (C=O) groups is 1. The zero-order valence-corrected chi connectivity index (χ0v) is 9.54. The summed E-state index contributed by atoms with van der Waals surface area (Å²) in [7, 11) is 1.33. The number of rotatable bonds is 1. The molecule has 5 heteroatoms. The van der Waals surface area contributed by atoms with Crippen LogP contribution in [-0.4, -0.2) is 18.1 Å². The van der Waals surface area contributed by atoms with Crippen LogP contribution < -0.4 is 9.47 Å². The first-order chi connectivity index (χ1) is 8.78. The van der Waals surface area contributed by atoms with Gasteiger partial charge >= 0.3 is 5.97 Å². The van der Waals surface area contributed by atoms with Gasteiger partial charge in [-0.15, -0.1) is 0 Å². The number of pyridine rings is 1. The van der Waals surface area contributed by atoms with Crippen molar-refractivity contribution in [1.82, 2.24) is 4.98 Å². The molecular formula is C13H9NO4. The topological polar surface area (TPSA) is 57.7 Å². The fourth-order valence-corrected chi connectivity index (χ4v) is 1.75. The highest BCUT2D eigenvalue weighted by atomic mass is 16.5. The molecule has 0 amide bonds. The van der Waals surface area contributed by atoms with Gasteiger partial charge in [-0.3, -0.25) is 4.98 Å². The third-order valence-electron chi connectivity index (χ3n) is 2.61. The molecule has 1 aliphatic heterocycles. The third kappa shape index (κ3) is 1.66. The minimum Gasteiger partial charge on any atom is -0.465 e. The van der Waals surface area contributed by atoms with Gasteiger partial charge < -0.3 is 14.2 Å². The summed E-state index contributed by atoms with van der Waals surface area (Å²) >= 11 is 0. The van der Waals surface area contributed by atoms with E-state index in [-0.39, 0.29) is 0 Å². The van der Waals surface area contributed by atoms with E-state index in [9.17, 15) is 4.79 Å². The van der Waals surface area contributed by atoms with Crippen molar-refractivity contribution in [3.63, 3.8) is 0 Å². The SMILES string of the molecule is COC(=O)c1cnc2cc3c(cc2c1)OC=CO3. The van der Waals surface area contributed by atoms with Crippen LogP contribution in [0, 0.1) is 0 Å². The Balaban J connectivity index is 2.14. The Morgan fingerprint density at radius 3 is 2.61 bits per heavy atom. The highest BCUT2D eigenvalue weighted by Gasteiger charge is 2.13. The molecule has 3 rings (SSSR count). The molecular weight excluding hydrogens is 234 g/mol. The first-order valence-electron chi connectivity index (χ1n) is 5.28. The zero-order valence-electron chi connectivity index (χ0n) is 9.54. The highest BCUT2D eigenvalue weighted by Crippen LogP contribution is 2.34. The number of hydrogen-bond acceptors (Lipinski definition) is 5. The summed E-state index contributed by atoms with van der Waals surface area (Å²) in [6, 6.07) is 5.24. The number of esters is 1. The van der Waals surface area contributed by atoms with Crippen molar-refractivity contribution in [3.8, 4) is 11.5 Å². The first-order valence-corrected chi connectivity index (χ1v) is 5.28. The van der Waals surface area contributed by atoms with Gasteiger partial charge in [-0.1, -0.05) is 0 Å². The van der Waals surface area contributed by atoms with E-state index in [0.717, 1.165) is 10.9 Å². The molecule has 0 N–H and O–H groups in total. The molecule has 0 unspecified atom stereocenters. The molecule has 1 aliphatic rings. The second-order valence-electron chi connectivity index (χ2n) is 3.72. The lowest BCUT2D eigenvalue weighted by Gasteiger charge is -2.13. The number of methoxy groups -OCH3 is 1. The number of benzene rings is 1. The van der Waals surface area contributed by atoms with E-state index in [4.69, 9.17) is 9.47 Å². The van der Waals surface area contributed by atoms with Crippen molar-refractivity contribution >= 4 is 16.9 Å². The van der Waals surface area contributed by atoms with Crippen LogP contribution in [0.2, 0.25) is 0 Å². The van der Waals surface area contributed by atoms with E-state index in [1.54, 1.807) is 18.2 Å². The van der Waals surface area contributed by atoms with Crippen LogP contribution in [0.4, 0.5) is 0 Å². The largest absolute Gasteiger partial charge is 0.465 e. The number of fused-ring (bicyclic) bond motifs is 2. The maximum Gasteiger partial charge on any atom is 0.339 e. The predicted octanol–water partition coefficient (Wildman–Crippen LogP) is 2.26. The van der Waals surface area contributed by atoms with E-state index in [1.807, 2.05) is 0 Å². The van der Waals surface area contributed by atoms with Gasteiger partial charge in [-0.05, 0) is 12.1 Å². The van der Waals surface area contributed by atoms with Crippen molar-refractivity contribution in [2.75, 3.05) is 7.11 Å². The van der Waals surface area contributed by atoms with Crippen molar-refractivity contribution in [1.29, 1.82) is 0 Å². The molecule has 0 atom stereocenters. The van der Waals surface area contributed by atoms with E-state index < -0.39 is 5.97 Å². The Morgan fingerprint density at radius 1 is 1.17 bits per heavy atom. The average molecular weight is 243 g/mol. The molecule has 0 aliphatic carbocycles. The second kappa shape index (κ2) is 4.03. The molecule has 0 bridgehead atoms. The van der Waals surface area contributed by atoms with Crippen LogP contribution in [0.5, 0.6) is 11.5 Å². The normalized spacial score (nSPS) is 12.5. The molecule has 1 aromatic carbocycles. The van der Waals surface area contributed by atoms with Crippen LogP contribution in [-0.2, 0) is 4.74 Å². The lowest BCUT2D eigenvalue weighted by molar-refractivity contribution is 0.0600. The van der Waals surface area contributed by atoms with Gasteiger partial charge in [0.05, 0.1) is 18.2 Å². The van der Waals surface area contributed by atoms with E-state index in [1.165, 1.54) is 25.8 Å². The second-order valence-corrected chi connectivity index (χ2v) is 3.72. The monoisotopic (exact) mass is 243 g/mol. The van der Waals surface area contributed by atoms with Crippen LogP contribution in [0.15, 0.2) is 36.9 Å². The smallest absolute Gasteiger partial charge is 0.339 e. The lowest BCUT2D eigenvalue weighted by Crippen LogP contribution is -2.02. The van der Waals surface area contributed by atoms with Crippen LogP contribution in [0.1, 0.15) is 10.4 Å². The summed E-state index contributed by atoms with van der Waals surface area (Å²) < 4.78 is 15.3. The summed E-state index contributed by atoms with van der Waals surface area (Å²) in [4.78, 5) is 15.6. The molecule has 0 saturated heterocycles. The van der Waals surface area contributed by atoms with Crippen molar-refractivity contribution in [2.45, 2.75) is 0 Å². The van der Waals surface area contributed by atoms with E-state index in [0.29, 0.717) is 17.1 Å². The van der Waals surface area contributed by atoms with Crippen LogP contribution >= 0.6 is 0 Å². The maximum atomic E-state index is 11.4. The highest BCUT2D eigenvalue weighted by molar-refractivity contribution is 5.94. The predicted molar refractivity (Wildman–Crippen MR) is 63.5 cm³/mol. The molecule has 1 aromatic heterocycles.